The molecule has 54 heavy (non-hydrogen) atoms. The highest BCUT2D eigenvalue weighted by molar-refractivity contribution is 6.17. The fourth-order valence-corrected chi connectivity index (χ4v) is 8.62. The van der Waals surface area contributed by atoms with Crippen LogP contribution in [0.2, 0.25) is 0 Å². The van der Waals surface area contributed by atoms with Gasteiger partial charge in [-0.1, -0.05) is 140 Å². The number of aromatic nitrogens is 1. The van der Waals surface area contributed by atoms with E-state index in [0.717, 1.165) is 62.5 Å². The van der Waals surface area contributed by atoms with Crippen LogP contribution in [0, 0.1) is 0 Å². The molecular formula is C50H35N3O. The Kier molecular flexibility index (Phi) is 7.02. The Bertz CT molecular complexity index is 2970. The average Bonchev–Trinajstić information content (AvgIpc) is 3.79. The molecule has 0 saturated carbocycles. The minimum atomic E-state index is -0.277. The third-order valence-electron chi connectivity index (χ3n) is 11.1. The number of nitrogens with zero attached hydrogens (tertiary/aromatic N) is 2. The number of hydrogen-bond donors (Lipinski definition) is 1. The first kappa shape index (κ1) is 30.7. The predicted molar refractivity (Wildman–Crippen MR) is 223 cm³/mol. The fraction of sp³-hybridized carbons (Fsp3) is 0.0600. The van der Waals surface area contributed by atoms with Crippen molar-refractivity contribution in [1.82, 2.24) is 4.57 Å². The molecule has 0 saturated heterocycles. The summed E-state index contributed by atoms with van der Waals surface area (Å²) in [7, 11) is 0. The van der Waals surface area contributed by atoms with Crippen LogP contribution in [0.5, 0.6) is 0 Å². The van der Waals surface area contributed by atoms with Crippen molar-refractivity contribution in [2.24, 2.45) is 4.99 Å². The molecule has 4 nitrogen and oxygen atoms in total. The molecule has 0 bridgehead atoms. The number of nitrogens with one attached hydrogen (secondary N) is 1. The Hall–Kier alpha value is -6.91. The summed E-state index contributed by atoms with van der Waals surface area (Å²) in [6.07, 6.45) is 3.87. The smallest absolute Gasteiger partial charge is 0.154 e. The molecule has 9 aromatic rings. The standard InChI is InChI=1S/C50H35N3O/c1-4-14-32(15-5-1)35-26-28-43-40(30-35)41-31-36(33-16-6-2-7-17-33)27-29-44(41)53(43)45-24-12-21-38-47-39(22-13-25-46(47)54-49(38)45)50-51-42-23-11-10-20-37(42)48(52-50)34-18-8-3-9-19-34/h1-11,13-23,25-31,50-51H,12,24H2. The lowest BCUT2D eigenvalue weighted by Gasteiger charge is -2.26. The van der Waals surface area contributed by atoms with Gasteiger partial charge in [0.15, 0.2) is 5.42 Å². The summed E-state index contributed by atoms with van der Waals surface area (Å²) >= 11 is 0. The number of benzene rings is 7. The van der Waals surface area contributed by atoms with Crippen LogP contribution in [0.15, 0.2) is 179 Å². The van der Waals surface area contributed by atoms with Gasteiger partial charge in [-0.15, -0.1) is 0 Å². The summed E-state index contributed by atoms with van der Waals surface area (Å²) in [5, 5.41) is 8.51. The number of para-hydroxylation sites is 1. The van der Waals surface area contributed by atoms with E-state index < -0.39 is 0 Å². The molecule has 1 unspecified atom stereocenters. The maximum Gasteiger partial charge on any atom is 0.154 e. The largest absolute Gasteiger partial charge is 0.454 e. The van der Waals surface area contributed by atoms with Crippen molar-refractivity contribution < 1.29 is 4.42 Å². The van der Waals surface area contributed by atoms with E-state index in [-0.39, 0.29) is 6.17 Å². The van der Waals surface area contributed by atoms with Gasteiger partial charge < -0.3 is 14.3 Å². The molecule has 0 fully saturated rings. The Morgan fingerprint density at radius 2 is 1.19 bits per heavy atom. The molecular weight excluding hydrogens is 659 g/mol. The zero-order chi connectivity index (χ0) is 35.6. The lowest BCUT2D eigenvalue weighted by atomic mass is 9.96. The minimum Gasteiger partial charge on any atom is -0.454 e. The summed E-state index contributed by atoms with van der Waals surface area (Å²) in [6, 6.07) is 60.5. The first-order valence-corrected chi connectivity index (χ1v) is 18.7. The SMILES string of the molecule is C1=c2c(oc3cccc(C4N=C(c5ccccc5)c5ccccc5N4)c23)=C(n2c3ccc(-c4ccccc4)cc3c3cc(-c4ccccc4)ccc32)CC1. The van der Waals surface area contributed by atoms with E-state index >= 15 is 0 Å². The normalized spacial score (nSPS) is 15.1. The molecule has 0 spiro atoms. The first-order chi connectivity index (χ1) is 26.8. The van der Waals surface area contributed by atoms with Crippen molar-refractivity contribution in [3.8, 4) is 22.3 Å². The van der Waals surface area contributed by atoms with Crippen LogP contribution in [-0.2, 0) is 0 Å². The van der Waals surface area contributed by atoms with Gasteiger partial charge in [0.1, 0.15) is 11.7 Å². The van der Waals surface area contributed by atoms with E-state index in [1.165, 1.54) is 49.8 Å². The molecule has 0 radical (unpaired) electrons. The van der Waals surface area contributed by atoms with Gasteiger partial charge in [0, 0.05) is 43.8 Å². The van der Waals surface area contributed by atoms with Crippen LogP contribution < -0.4 is 16.0 Å². The molecule has 4 heteroatoms. The second-order valence-corrected chi connectivity index (χ2v) is 14.2. The van der Waals surface area contributed by atoms with Crippen molar-refractivity contribution >= 4 is 55.9 Å². The van der Waals surface area contributed by atoms with Crippen LogP contribution in [0.3, 0.4) is 0 Å². The maximum absolute atomic E-state index is 6.96. The van der Waals surface area contributed by atoms with Gasteiger partial charge in [0.05, 0.1) is 22.4 Å². The monoisotopic (exact) mass is 693 g/mol. The topological polar surface area (TPSA) is 42.5 Å². The van der Waals surface area contributed by atoms with Crippen LogP contribution >= 0.6 is 0 Å². The fourth-order valence-electron chi connectivity index (χ4n) is 8.62. The number of rotatable bonds is 5. The summed E-state index contributed by atoms with van der Waals surface area (Å²) in [6.45, 7) is 0. The molecule has 1 atom stereocenters. The number of aliphatic imine (C=N–C) groups is 1. The van der Waals surface area contributed by atoms with Crippen molar-refractivity contribution in [2.75, 3.05) is 5.32 Å². The van der Waals surface area contributed by atoms with Crippen molar-refractivity contribution in [2.45, 2.75) is 19.0 Å². The Morgan fingerprint density at radius 3 is 1.85 bits per heavy atom. The predicted octanol–water partition coefficient (Wildman–Crippen LogP) is 11.1. The second kappa shape index (κ2) is 12.4. The summed E-state index contributed by atoms with van der Waals surface area (Å²) in [4.78, 5) is 5.40. The molecule has 256 valence electrons. The second-order valence-electron chi connectivity index (χ2n) is 14.2. The van der Waals surface area contributed by atoms with Crippen LogP contribution in [0.1, 0.15) is 35.7 Å². The quantitative estimate of drug-likeness (QED) is 0.195. The molecule has 1 aliphatic heterocycles. The number of fused-ring (bicyclic) bond motifs is 7. The van der Waals surface area contributed by atoms with Gasteiger partial charge in [0.2, 0.25) is 0 Å². The van der Waals surface area contributed by atoms with E-state index in [0.29, 0.717) is 0 Å². The van der Waals surface area contributed by atoms with Crippen LogP contribution in [-0.4, -0.2) is 10.3 Å². The molecule has 11 rings (SSSR count). The molecule has 1 N–H and O–H groups in total. The van der Waals surface area contributed by atoms with Crippen molar-refractivity contribution in [3.63, 3.8) is 0 Å². The van der Waals surface area contributed by atoms with E-state index in [9.17, 15) is 0 Å². The number of furan rings is 1. The van der Waals surface area contributed by atoms with Gasteiger partial charge >= 0.3 is 0 Å². The molecule has 2 aliphatic rings. The van der Waals surface area contributed by atoms with E-state index in [1.54, 1.807) is 0 Å². The Labute approximate surface area is 312 Å². The summed E-state index contributed by atoms with van der Waals surface area (Å²) in [5.74, 6) is 0. The lowest BCUT2D eigenvalue weighted by Crippen LogP contribution is -2.29. The Morgan fingerprint density at radius 1 is 0.574 bits per heavy atom. The third kappa shape index (κ3) is 4.87. The zero-order valence-electron chi connectivity index (χ0n) is 29.5. The van der Waals surface area contributed by atoms with Gasteiger partial charge in [0.25, 0.3) is 0 Å². The van der Waals surface area contributed by atoms with Crippen molar-refractivity contribution in [1.29, 1.82) is 0 Å². The van der Waals surface area contributed by atoms with Crippen LogP contribution in [0.4, 0.5) is 5.69 Å². The maximum atomic E-state index is 6.96. The summed E-state index contributed by atoms with van der Waals surface area (Å²) in [5.41, 5.74) is 15.6. The highest BCUT2D eigenvalue weighted by Gasteiger charge is 2.26. The third-order valence-corrected chi connectivity index (χ3v) is 11.1. The van der Waals surface area contributed by atoms with Gasteiger partial charge in [-0.25, -0.2) is 0 Å². The molecule has 2 aromatic heterocycles. The summed E-state index contributed by atoms with van der Waals surface area (Å²) < 4.78 is 9.42. The Balaban J connectivity index is 1.15. The molecule has 0 amide bonds. The average molecular weight is 694 g/mol. The van der Waals surface area contributed by atoms with Crippen molar-refractivity contribution in [3.05, 3.63) is 197 Å². The number of anilines is 1. The first-order valence-electron chi connectivity index (χ1n) is 18.7. The highest BCUT2D eigenvalue weighted by Crippen LogP contribution is 2.39. The molecule has 7 aromatic carbocycles. The zero-order valence-corrected chi connectivity index (χ0v) is 29.5. The molecule has 3 heterocycles. The van der Waals surface area contributed by atoms with E-state index in [4.69, 9.17) is 9.41 Å². The van der Waals surface area contributed by atoms with Gasteiger partial charge in [-0.3, -0.25) is 4.99 Å². The van der Waals surface area contributed by atoms with E-state index in [1.807, 2.05) is 0 Å². The minimum absolute atomic E-state index is 0.277. The van der Waals surface area contributed by atoms with Gasteiger partial charge in [-0.2, -0.15) is 0 Å². The highest BCUT2D eigenvalue weighted by atomic mass is 16.3. The van der Waals surface area contributed by atoms with Gasteiger partial charge in [-0.05, 0) is 71.5 Å². The lowest BCUT2D eigenvalue weighted by molar-refractivity contribution is 0.563. The van der Waals surface area contributed by atoms with E-state index in [2.05, 4.69) is 186 Å². The van der Waals surface area contributed by atoms with Crippen LogP contribution in [0.25, 0.3) is 66.8 Å². The number of hydrogen-bond acceptors (Lipinski definition) is 3. The molecule has 1 aliphatic carbocycles.